The third-order valence-corrected chi connectivity index (χ3v) is 7.86. The first-order valence-electron chi connectivity index (χ1n) is 10.5. The molecule has 0 saturated heterocycles. The lowest BCUT2D eigenvalue weighted by atomic mass is 10.0. The molecule has 0 aliphatic carbocycles. The first-order chi connectivity index (χ1) is 17.4. The van der Waals surface area contributed by atoms with E-state index in [-0.39, 0.29) is 34.4 Å². The largest absolute Gasteiger partial charge is 0.501 e. The van der Waals surface area contributed by atoms with Crippen LogP contribution < -0.4 is 16.0 Å². The highest BCUT2D eigenvalue weighted by molar-refractivity contribution is 7.92. The SMILES string of the molecule is C[C@@H](NC(=O)c1ncnc2c1CCC(=O)N2)c1ncc(C(=O)Nc2cccc(S(=O)(=O)C(F)(F)F)c2)s1. The van der Waals surface area contributed by atoms with Gasteiger partial charge >= 0.3 is 5.51 Å². The zero-order valence-corrected chi connectivity index (χ0v) is 20.4. The van der Waals surface area contributed by atoms with Crippen LogP contribution in [0.4, 0.5) is 24.7 Å². The minimum absolute atomic E-state index is 0.0716. The molecule has 1 aliphatic heterocycles. The van der Waals surface area contributed by atoms with Crippen molar-refractivity contribution in [2.75, 3.05) is 10.6 Å². The standard InChI is InChI=1S/C21H17F3N6O5S2/c1-10(28-19(33)16-13-5-6-15(31)30-17(13)27-9-26-16)20-25-8-14(36-20)18(32)29-11-3-2-4-12(7-11)37(34,35)21(22,23)24/h2-4,7-10H,5-6H2,1H3,(H,28,33)(H,29,32)(H,26,27,30,31)/t10-/m1/s1. The summed E-state index contributed by atoms with van der Waals surface area (Å²) in [5.74, 6) is -1.21. The predicted molar refractivity (Wildman–Crippen MR) is 125 cm³/mol. The Morgan fingerprint density at radius 3 is 2.62 bits per heavy atom. The number of aromatic nitrogens is 3. The molecule has 194 valence electrons. The van der Waals surface area contributed by atoms with Gasteiger partial charge in [0.25, 0.3) is 21.7 Å². The normalized spacial score (nSPS) is 14.3. The van der Waals surface area contributed by atoms with E-state index in [0.29, 0.717) is 23.1 Å². The van der Waals surface area contributed by atoms with E-state index >= 15 is 0 Å². The van der Waals surface area contributed by atoms with Crippen molar-refractivity contribution in [2.45, 2.75) is 36.2 Å². The Morgan fingerprint density at radius 1 is 1.14 bits per heavy atom. The minimum Gasteiger partial charge on any atom is -0.342 e. The third kappa shape index (κ3) is 5.43. The van der Waals surface area contributed by atoms with Crippen molar-refractivity contribution in [1.82, 2.24) is 20.3 Å². The molecule has 3 amide bonds. The summed E-state index contributed by atoms with van der Waals surface area (Å²) >= 11 is 0.923. The second kappa shape index (κ2) is 9.85. The lowest BCUT2D eigenvalue weighted by Crippen LogP contribution is -2.30. The third-order valence-electron chi connectivity index (χ3n) is 5.19. The molecular weight excluding hydrogens is 537 g/mol. The molecule has 1 aromatic carbocycles. The Kier molecular flexibility index (Phi) is 6.96. The number of carbonyl (C=O) groups excluding carboxylic acids is 3. The molecule has 3 aromatic rings. The number of nitrogens with zero attached hydrogens (tertiary/aromatic N) is 3. The summed E-state index contributed by atoms with van der Waals surface area (Å²) in [5.41, 5.74) is -5.05. The lowest BCUT2D eigenvalue weighted by molar-refractivity contribution is -0.116. The van der Waals surface area contributed by atoms with Gasteiger partial charge in [0.05, 0.1) is 17.1 Å². The fraction of sp³-hybridized carbons (Fsp3) is 0.238. The quantitative estimate of drug-likeness (QED) is 0.419. The number of fused-ring (bicyclic) bond motifs is 1. The number of hydrogen-bond acceptors (Lipinski definition) is 9. The number of benzene rings is 1. The molecule has 1 aliphatic rings. The number of nitrogens with one attached hydrogen (secondary N) is 3. The summed E-state index contributed by atoms with van der Waals surface area (Å²) in [7, 11) is -5.58. The second-order valence-electron chi connectivity index (χ2n) is 7.79. The van der Waals surface area contributed by atoms with Gasteiger partial charge < -0.3 is 16.0 Å². The number of alkyl halides is 3. The van der Waals surface area contributed by atoms with Crippen LogP contribution in [0.2, 0.25) is 0 Å². The van der Waals surface area contributed by atoms with Gasteiger partial charge in [0.2, 0.25) is 5.91 Å². The van der Waals surface area contributed by atoms with Crippen LogP contribution >= 0.6 is 11.3 Å². The van der Waals surface area contributed by atoms with Crippen molar-refractivity contribution in [3.05, 3.63) is 57.9 Å². The summed E-state index contributed by atoms with van der Waals surface area (Å²) < 4.78 is 61.7. The summed E-state index contributed by atoms with van der Waals surface area (Å²) in [4.78, 5) is 48.1. The second-order valence-corrected chi connectivity index (χ2v) is 10.8. The van der Waals surface area contributed by atoms with Gasteiger partial charge in [-0.2, -0.15) is 13.2 Å². The summed E-state index contributed by atoms with van der Waals surface area (Å²) in [6.07, 6.45) is 2.86. The zero-order valence-electron chi connectivity index (χ0n) is 18.8. The molecule has 0 spiro atoms. The van der Waals surface area contributed by atoms with Crippen molar-refractivity contribution in [3.8, 4) is 0 Å². The number of thiazole rings is 1. The molecular formula is C21H17F3N6O5S2. The predicted octanol–water partition coefficient (Wildman–Crippen LogP) is 2.85. The molecule has 3 heterocycles. The van der Waals surface area contributed by atoms with E-state index in [9.17, 15) is 36.0 Å². The van der Waals surface area contributed by atoms with E-state index < -0.39 is 38.1 Å². The summed E-state index contributed by atoms with van der Waals surface area (Å²) in [6.45, 7) is 1.62. The Hall–Kier alpha value is -3.92. The molecule has 4 rings (SSSR count). The fourth-order valence-corrected chi connectivity index (χ4v) is 5.00. The Balaban J connectivity index is 1.45. The molecule has 0 bridgehead atoms. The van der Waals surface area contributed by atoms with Gasteiger partial charge in [0.15, 0.2) is 0 Å². The first-order valence-corrected chi connectivity index (χ1v) is 12.8. The first kappa shape index (κ1) is 26.2. The zero-order chi connectivity index (χ0) is 27.0. The van der Waals surface area contributed by atoms with Crippen molar-refractivity contribution < 1.29 is 36.0 Å². The molecule has 0 saturated carbocycles. The lowest BCUT2D eigenvalue weighted by Gasteiger charge is -2.18. The maximum atomic E-state index is 12.8. The maximum absolute atomic E-state index is 12.8. The van der Waals surface area contributed by atoms with Gasteiger partial charge in [-0.1, -0.05) is 6.07 Å². The van der Waals surface area contributed by atoms with Crippen molar-refractivity contribution >= 4 is 50.4 Å². The van der Waals surface area contributed by atoms with E-state index in [1.807, 2.05) is 0 Å². The summed E-state index contributed by atoms with van der Waals surface area (Å²) in [6, 6.07) is 3.14. The highest BCUT2D eigenvalue weighted by Gasteiger charge is 2.46. The number of anilines is 2. The van der Waals surface area contributed by atoms with E-state index in [4.69, 9.17) is 0 Å². The fourth-order valence-electron chi connectivity index (χ4n) is 3.37. The monoisotopic (exact) mass is 554 g/mol. The van der Waals surface area contributed by atoms with Gasteiger partial charge in [-0.25, -0.2) is 23.4 Å². The van der Waals surface area contributed by atoms with Crippen molar-refractivity contribution in [1.29, 1.82) is 0 Å². The van der Waals surface area contributed by atoms with Gasteiger partial charge in [-0.05, 0) is 31.5 Å². The minimum atomic E-state index is -5.58. The van der Waals surface area contributed by atoms with Crippen LogP contribution in [0.15, 0.2) is 41.7 Å². The molecule has 0 radical (unpaired) electrons. The molecule has 11 nitrogen and oxygen atoms in total. The number of carbonyl (C=O) groups is 3. The van der Waals surface area contributed by atoms with Crippen LogP contribution in [0, 0.1) is 0 Å². The number of amides is 3. The molecule has 0 unspecified atom stereocenters. The highest BCUT2D eigenvalue weighted by Crippen LogP contribution is 2.31. The maximum Gasteiger partial charge on any atom is 0.501 e. The average molecular weight is 555 g/mol. The molecule has 3 N–H and O–H groups in total. The highest BCUT2D eigenvalue weighted by atomic mass is 32.2. The summed E-state index contributed by atoms with van der Waals surface area (Å²) in [5, 5.41) is 7.99. The van der Waals surface area contributed by atoms with Crippen LogP contribution in [0.3, 0.4) is 0 Å². The van der Waals surface area contributed by atoms with Gasteiger partial charge in [0, 0.05) is 17.7 Å². The van der Waals surface area contributed by atoms with Gasteiger partial charge in [-0.3, -0.25) is 14.4 Å². The van der Waals surface area contributed by atoms with Gasteiger partial charge in [0.1, 0.15) is 27.7 Å². The molecule has 0 fully saturated rings. The van der Waals surface area contributed by atoms with Crippen molar-refractivity contribution in [3.63, 3.8) is 0 Å². The van der Waals surface area contributed by atoms with Crippen LogP contribution in [-0.2, 0) is 21.1 Å². The van der Waals surface area contributed by atoms with E-state index in [0.717, 1.165) is 29.8 Å². The topological polar surface area (TPSA) is 160 Å². The number of sulfone groups is 1. The number of hydrogen-bond donors (Lipinski definition) is 3. The van der Waals surface area contributed by atoms with E-state index in [2.05, 4.69) is 30.9 Å². The molecule has 37 heavy (non-hydrogen) atoms. The molecule has 2 aromatic heterocycles. The molecule has 1 atom stereocenters. The van der Waals surface area contributed by atoms with Crippen molar-refractivity contribution in [2.24, 2.45) is 0 Å². The Morgan fingerprint density at radius 2 is 1.89 bits per heavy atom. The average Bonchev–Trinajstić information content (AvgIpc) is 3.34. The Labute approximate surface area is 211 Å². The van der Waals surface area contributed by atoms with Crippen LogP contribution in [0.5, 0.6) is 0 Å². The number of rotatable bonds is 6. The molecule has 16 heteroatoms. The van der Waals surface area contributed by atoms with Gasteiger partial charge in [-0.15, -0.1) is 11.3 Å². The number of halogens is 3. The van der Waals surface area contributed by atoms with Crippen LogP contribution in [-0.4, -0.2) is 46.6 Å². The smallest absolute Gasteiger partial charge is 0.342 e. The van der Waals surface area contributed by atoms with Crippen LogP contribution in [0.25, 0.3) is 0 Å². The van der Waals surface area contributed by atoms with E-state index in [1.54, 1.807) is 6.92 Å². The van der Waals surface area contributed by atoms with E-state index in [1.165, 1.54) is 12.3 Å². The Bertz CT molecular complexity index is 1510. The van der Waals surface area contributed by atoms with Crippen LogP contribution in [0.1, 0.15) is 50.1 Å².